The average Bonchev–Trinajstić information content (AvgIpc) is 3.17. The van der Waals surface area contributed by atoms with Crippen molar-refractivity contribution in [2.24, 2.45) is 0 Å². The highest BCUT2D eigenvalue weighted by atomic mass is 16.5. The maximum Gasteiger partial charge on any atom is 0.305 e. The highest BCUT2D eigenvalue weighted by Gasteiger charge is 2.17. The number of nitrogens with zero attached hydrogens (tertiary/aromatic N) is 5. The number of carbonyl (C=O) groups is 1. The summed E-state index contributed by atoms with van der Waals surface area (Å²) in [6, 6.07) is 1.85. The Morgan fingerprint density at radius 1 is 1.15 bits per heavy atom. The summed E-state index contributed by atoms with van der Waals surface area (Å²) in [7, 11) is 0. The molecule has 0 unspecified atom stereocenters. The predicted molar refractivity (Wildman–Crippen MR) is 101 cm³/mol. The zero-order valence-corrected chi connectivity index (χ0v) is 15.4. The quantitative estimate of drug-likeness (QED) is 0.395. The van der Waals surface area contributed by atoms with Gasteiger partial charge in [-0.05, 0) is 25.8 Å². The molecule has 3 aromatic rings. The summed E-state index contributed by atoms with van der Waals surface area (Å²) < 4.78 is 10.3. The maximum atomic E-state index is 11.4. The Labute approximate surface area is 157 Å². The fourth-order valence-electron chi connectivity index (χ4n) is 2.88. The lowest BCUT2D eigenvalue weighted by molar-refractivity contribution is -0.143. The van der Waals surface area contributed by atoms with Gasteiger partial charge in [-0.15, -0.1) is 0 Å². The molecule has 8 nitrogen and oxygen atoms in total. The van der Waals surface area contributed by atoms with Gasteiger partial charge in [0, 0.05) is 25.4 Å². The van der Waals surface area contributed by atoms with E-state index in [0.717, 1.165) is 49.2 Å². The van der Waals surface area contributed by atoms with Crippen molar-refractivity contribution in [3.05, 3.63) is 37.2 Å². The molecule has 3 heterocycles. The van der Waals surface area contributed by atoms with E-state index in [-0.39, 0.29) is 5.97 Å². The first-order valence-electron chi connectivity index (χ1n) is 9.17. The third-order valence-corrected chi connectivity index (χ3v) is 4.14. The number of ether oxygens (including phenoxy) is 1. The number of unbranched alkanes of at least 4 members (excludes halogenated alkanes) is 3. The number of anilines is 2. The van der Waals surface area contributed by atoms with Crippen molar-refractivity contribution >= 4 is 28.7 Å². The van der Waals surface area contributed by atoms with Crippen molar-refractivity contribution in [2.75, 3.05) is 18.1 Å². The lowest BCUT2D eigenvalue weighted by Gasteiger charge is -2.22. The van der Waals surface area contributed by atoms with Crippen molar-refractivity contribution in [1.29, 1.82) is 0 Å². The molecule has 0 aliphatic carbocycles. The van der Waals surface area contributed by atoms with Gasteiger partial charge >= 0.3 is 5.97 Å². The normalized spacial score (nSPS) is 10.9. The molecule has 0 amide bonds. The number of carbonyl (C=O) groups excluding carboxylic acids is 1. The molecular formula is C19H23N5O3. The molecule has 0 saturated carbocycles. The van der Waals surface area contributed by atoms with Gasteiger partial charge in [-0.25, -0.2) is 15.0 Å². The van der Waals surface area contributed by atoms with Crippen LogP contribution in [0.15, 0.2) is 41.7 Å². The Bertz CT molecular complexity index is 853. The molecule has 3 rings (SSSR count). The SMILES string of the molecule is CCOC(=O)CCCCCCN(c1cnccn1)c1ncnc2occc12. The molecule has 0 aliphatic rings. The molecule has 0 radical (unpaired) electrons. The number of esters is 1. The molecule has 0 aromatic carbocycles. The van der Waals surface area contributed by atoms with E-state index in [2.05, 4.69) is 19.9 Å². The van der Waals surface area contributed by atoms with Gasteiger partial charge in [0.2, 0.25) is 5.71 Å². The van der Waals surface area contributed by atoms with Gasteiger partial charge in [-0.1, -0.05) is 12.8 Å². The fraction of sp³-hybridized carbons (Fsp3) is 0.421. The van der Waals surface area contributed by atoms with Crippen LogP contribution in [-0.2, 0) is 9.53 Å². The zero-order chi connectivity index (χ0) is 18.9. The van der Waals surface area contributed by atoms with Gasteiger partial charge in [-0.2, -0.15) is 0 Å². The third-order valence-electron chi connectivity index (χ3n) is 4.14. The Morgan fingerprint density at radius 2 is 2.04 bits per heavy atom. The first-order valence-corrected chi connectivity index (χ1v) is 9.17. The second kappa shape index (κ2) is 9.61. The topological polar surface area (TPSA) is 94.2 Å². The van der Waals surface area contributed by atoms with Crippen molar-refractivity contribution in [3.8, 4) is 0 Å². The van der Waals surface area contributed by atoms with Crippen LogP contribution in [0.25, 0.3) is 11.1 Å². The van der Waals surface area contributed by atoms with Crippen molar-refractivity contribution in [3.63, 3.8) is 0 Å². The molecule has 0 N–H and O–H groups in total. The van der Waals surface area contributed by atoms with Crippen LogP contribution in [0.5, 0.6) is 0 Å². The van der Waals surface area contributed by atoms with Crippen molar-refractivity contribution < 1.29 is 13.9 Å². The molecule has 0 aliphatic heterocycles. The van der Waals surface area contributed by atoms with E-state index in [4.69, 9.17) is 9.15 Å². The minimum absolute atomic E-state index is 0.123. The summed E-state index contributed by atoms with van der Waals surface area (Å²) in [4.78, 5) is 30.6. The average molecular weight is 369 g/mol. The largest absolute Gasteiger partial charge is 0.466 e. The summed E-state index contributed by atoms with van der Waals surface area (Å²) in [6.07, 6.45) is 12.3. The Kier molecular flexibility index (Phi) is 6.67. The number of aromatic nitrogens is 4. The Balaban J connectivity index is 1.62. The van der Waals surface area contributed by atoms with Gasteiger partial charge in [0.25, 0.3) is 0 Å². The van der Waals surface area contributed by atoms with E-state index in [1.807, 2.05) is 17.9 Å². The molecule has 8 heteroatoms. The highest BCUT2D eigenvalue weighted by Crippen LogP contribution is 2.28. The lowest BCUT2D eigenvalue weighted by atomic mass is 10.1. The van der Waals surface area contributed by atoms with Crippen LogP contribution in [0.4, 0.5) is 11.6 Å². The molecule has 0 fully saturated rings. The van der Waals surface area contributed by atoms with Gasteiger partial charge in [-0.3, -0.25) is 9.78 Å². The molecule has 0 spiro atoms. The van der Waals surface area contributed by atoms with E-state index >= 15 is 0 Å². The molecule has 142 valence electrons. The summed E-state index contributed by atoms with van der Waals surface area (Å²) in [5.41, 5.74) is 0.545. The third kappa shape index (κ3) is 4.99. The van der Waals surface area contributed by atoms with E-state index < -0.39 is 0 Å². The van der Waals surface area contributed by atoms with Crippen molar-refractivity contribution in [2.45, 2.75) is 39.0 Å². The number of rotatable bonds is 10. The lowest BCUT2D eigenvalue weighted by Crippen LogP contribution is -2.21. The van der Waals surface area contributed by atoms with E-state index in [1.165, 1.54) is 6.33 Å². The number of furan rings is 1. The first kappa shape index (κ1) is 18.8. The second-order valence-corrected chi connectivity index (χ2v) is 6.02. The smallest absolute Gasteiger partial charge is 0.305 e. The molecule has 0 bridgehead atoms. The minimum atomic E-state index is -0.123. The van der Waals surface area contributed by atoms with Gasteiger partial charge in [0.1, 0.15) is 12.1 Å². The summed E-state index contributed by atoms with van der Waals surface area (Å²) in [5.74, 6) is 1.35. The van der Waals surface area contributed by atoms with Crippen LogP contribution in [0.2, 0.25) is 0 Å². The van der Waals surface area contributed by atoms with Crippen LogP contribution >= 0.6 is 0 Å². The monoisotopic (exact) mass is 369 g/mol. The second-order valence-electron chi connectivity index (χ2n) is 6.02. The summed E-state index contributed by atoms with van der Waals surface area (Å²) >= 11 is 0. The molecule has 0 saturated heterocycles. The molecular weight excluding hydrogens is 346 g/mol. The molecule has 3 aromatic heterocycles. The number of hydrogen-bond donors (Lipinski definition) is 0. The molecule has 0 atom stereocenters. The van der Waals surface area contributed by atoms with Crippen LogP contribution in [0, 0.1) is 0 Å². The van der Waals surface area contributed by atoms with Crippen LogP contribution in [-0.4, -0.2) is 39.1 Å². The van der Waals surface area contributed by atoms with Gasteiger partial charge in [0.05, 0.1) is 24.5 Å². The van der Waals surface area contributed by atoms with E-state index in [1.54, 1.807) is 24.9 Å². The van der Waals surface area contributed by atoms with E-state index in [9.17, 15) is 4.79 Å². The van der Waals surface area contributed by atoms with Crippen LogP contribution in [0.3, 0.4) is 0 Å². The predicted octanol–water partition coefficient (Wildman–Crippen LogP) is 3.66. The minimum Gasteiger partial charge on any atom is -0.466 e. The number of fused-ring (bicyclic) bond motifs is 1. The summed E-state index contributed by atoms with van der Waals surface area (Å²) in [6.45, 7) is 2.99. The maximum absolute atomic E-state index is 11.4. The fourth-order valence-corrected chi connectivity index (χ4v) is 2.88. The van der Waals surface area contributed by atoms with Crippen molar-refractivity contribution in [1.82, 2.24) is 19.9 Å². The molecule has 27 heavy (non-hydrogen) atoms. The standard InChI is InChI=1S/C19H23N5O3/c1-2-26-17(25)7-5-3-4-6-11-24(16-13-20-9-10-21-16)18-15-8-12-27-19(15)23-14-22-18/h8-10,12-14H,2-7,11H2,1H3. The van der Waals surface area contributed by atoms with Crippen LogP contribution < -0.4 is 4.90 Å². The zero-order valence-electron chi connectivity index (χ0n) is 15.4. The number of hydrogen-bond acceptors (Lipinski definition) is 8. The highest BCUT2D eigenvalue weighted by molar-refractivity contribution is 5.87. The van der Waals surface area contributed by atoms with Gasteiger partial charge in [0.15, 0.2) is 5.82 Å². The Hall–Kier alpha value is -3.03. The van der Waals surface area contributed by atoms with E-state index in [0.29, 0.717) is 18.7 Å². The first-order chi connectivity index (χ1) is 13.3. The Morgan fingerprint density at radius 3 is 2.85 bits per heavy atom. The van der Waals surface area contributed by atoms with Crippen LogP contribution in [0.1, 0.15) is 39.0 Å². The summed E-state index contributed by atoms with van der Waals surface area (Å²) in [5, 5.41) is 0.838. The van der Waals surface area contributed by atoms with Gasteiger partial charge < -0.3 is 14.1 Å².